The van der Waals surface area contributed by atoms with Gasteiger partial charge in [0, 0.05) is 98.9 Å². The van der Waals surface area contributed by atoms with E-state index in [2.05, 4.69) is 125 Å². The van der Waals surface area contributed by atoms with Gasteiger partial charge in [-0.3, -0.25) is 4.68 Å². The van der Waals surface area contributed by atoms with Crippen molar-refractivity contribution in [1.29, 1.82) is 0 Å². The second kappa shape index (κ2) is 15.7. The number of fused-ring (bicyclic) bond motifs is 2. The first-order chi connectivity index (χ1) is 25.7. The Morgan fingerprint density at radius 1 is 1.04 bits per heavy atom. The van der Waals surface area contributed by atoms with Gasteiger partial charge in [0.05, 0.1) is 23.1 Å². The van der Waals surface area contributed by atoms with E-state index in [1.807, 2.05) is 6.08 Å². The van der Waals surface area contributed by atoms with Crippen LogP contribution in [0.5, 0.6) is 0 Å². The summed E-state index contributed by atoms with van der Waals surface area (Å²) in [4.78, 5) is 19.0. The van der Waals surface area contributed by atoms with Gasteiger partial charge < -0.3 is 24.9 Å². The molecule has 9 nitrogen and oxygen atoms in total. The zero-order valence-electron chi connectivity index (χ0n) is 31.9. The van der Waals surface area contributed by atoms with Crippen LogP contribution in [0.2, 0.25) is 5.02 Å². The highest BCUT2D eigenvalue weighted by molar-refractivity contribution is 6.32. The van der Waals surface area contributed by atoms with Gasteiger partial charge in [0.25, 0.3) is 0 Å². The van der Waals surface area contributed by atoms with Crippen molar-refractivity contribution >= 4 is 57.4 Å². The number of benzene rings is 2. The molecule has 2 aromatic heterocycles. The summed E-state index contributed by atoms with van der Waals surface area (Å²) < 4.78 is 2.10. The summed E-state index contributed by atoms with van der Waals surface area (Å²) in [5, 5.41) is 10.2. The Hall–Kier alpha value is -4.76. The van der Waals surface area contributed by atoms with E-state index >= 15 is 0 Å². The van der Waals surface area contributed by atoms with Crippen molar-refractivity contribution in [3.63, 3.8) is 0 Å². The van der Waals surface area contributed by atoms with Crippen LogP contribution in [0.25, 0.3) is 17.0 Å². The second-order valence-electron chi connectivity index (χ2n) is 14.9. The van der Waals surface area contributed by atoms with E-state index in [4.69, 9.17) is 21.7 Å². The molecule has 0 saturated carbocycles. The smallest absolute Gasteiger partial charge is 0.227 e. The predicted molar refractivity (Wildman–Crippen MR) is 224 cm³/mol. The maximum atomic E-state index is 6.64. The third-order valence-electron chi connectivity index (χ3n) is 11.4. The van der Waals surface area contributed by atoms with Crippen LogP contribution in [0.15, 0.2) is 85.4 Å². The van der Waals surface area contributed by atoms with Gasteiger partial charge in [-0.25, -0.2) is 4.98 Å². The topological polar surface area (TPSA) is 68.6 Å². The fourth-order valence-electron chi connectivity index (χ4n) is 8.33. The van der Waals surface area contributed by atoms with Gasteiger partial charge in [0.1, 0.15) is 5.02 Å². The van der Waals surface area contributed by atoms with E-state index in [0.29, 0.717) is 28.6 Å². The van der Waals surface area contributed by atoms with Gasteiger partial charge in [0.15, 0.2) is 5.82 Å². The van der Waals surface area contributed by atoms with Crippen LogP contribution in [-0.4, -0.2) is 71.0 Å². The van der Waals surface area contributed by atoms with Gasteiger partial charge in [-0.05, 0) is 68.0 Å². The number of nitrogens with one attached hydrogen (secondary N) is 1. The Kier molecular flexibility index (Phi) is 10.8. The SMILES string of the molecule is C=CCCC1=Cc2cc(Nc3nc(N4CCC(C(=C)N5CCN(c6cccc7c(C(C)CCC)nn(C)c67)CC5)CC4)ncc3Cl)ccc2N(C)C1=C. The first kappa shape index (κ1) is 36.6. The minimum atomic E-state index is 0.444. The lowest BCUT2D eigenvalue weighted by Crippen LogP contribution is -2.47. The molecule has 0 radical (unpaired) electrons. The molecule has 2 aromatic carbocycles. The van der Waals surface area contributed by atoms with Crippen LogP contribution in [0.4, 0.5) is 28.8 Å². The molecule has 1 unspecified atom stereocenters. The first-order valence-electron chi connectivity index (χ1n) is 19.2. The molecule has 0 amide bonds. The fourth-order valence-corrected chi connectivity index (χ4v) is 8.47. The third kappa shape index (κ3) is 7.41. The van der Waals surface area contributed by atoms with Crippen molar-refractivity contribution in [1.82, 2.24) is 24.6 Å². The monoisotopic (exact) mass is 731 g/mol. The average molecular weight is 732 g/mol. The summed E-state index contributed by atoms with van der Waals surface area (Å²) in [6, 6.07) is 13.0. The Balaban J connectivity index is 0.960. The number of aryl methyl sites for hydroxylation is 1. The van der Waals surface area contributed by atoms with Crippen molar-refractivity contribution in [2.24, 2.45) is 13.0 Å². The van der Waals surface area contributed by atoms with Gasteiger partial charge >= 0.3 is 0 Å². The molecular formula is C43H54ClN9. The quantitative estimate of drug-likeness (QED) is 0.145. The Morgan fingerprint density at radius 2 is 1.81 bits per heavy atom. The molecule has 4 aromatic rings. The number of aromatic nitrogens is 4. The molecule has 0 spiro atoms. The van der Waals surface area contributed by atoms with Gasteiger partial charge in [0.2, 0.25) is 5.95 Å². The standard InChI is InChI=1S/C43H54ClN9/c1-8-10-13-33-26-34-27-35(16-17-38(34)49(6)30(33)4)46-42-37(44)28-45-43(47-42)53-20-18-32(19-21-53)31(5)51-22-24-52(25-23-51)39-15-11-14-36-40(29(3)12-9-2)48-50(7)41(36)39/h8,11,14-17,26-29,32H,1,4-5,9-10,12-13,18-25H2,2-3,6-7H3,(H,45,46,47). The normalized spacial score (nSPS) is 17.2. The fraction of sp³-hybridized carbons (Fsp3) is 0.419. The number of para-hydroxylation sites is 1. The minimum Gasteiger partial charge on any atom is -0.372 e. The Morgan fingerprint density at radius 3 is 2.55 bits per heavy atom. The highest BCUT2D eigenvalue weighted by atomic mass is 35.5. The van der Waals surface area contributed by atoms with Crippen molar-refractivity contribution in [2.75, 3.05) is 66.3 Å². The van der Waals surface area contributed by atoms with Crippen molar-refractivity contribution in [3.05, 3.63) is 102 Å². The van der Waals surface area contributed by atoms with E-state index in [9.17, 15) is 0 Å². The number of piperazine rings is 1. The molecule has 1 atom stereocenters. The molecule has 10 heteroatoms. The zero-order chi connectivity index (χ0) is 37.2. The first-order valence-corrected chi connectivity index (χ1v) is 19.6. The molecule has 0 bridgehead atoms. The van der Waals surface area contributed by atoms with E-state index in [1.165, 1.54) is 40.0 Å². The summed E-state index contributed by atoms with van der Waals surface area (Å²) in [6.07, 6.45) is 12.1. The maximum Gasteiger partial charge on any atom is 0.227 e. The van der Waals surface area contributed by atoms with E-state index < -0.39 is 0 Å². The van der Waals surface area contributed by atoms with Crippen molar-refractivity contribution in [2.45, 2.75) is 58.3 Å². The van der Waals surface area contributed by atoms with Gasteiger partial charge in [-0.15, -0.1) is 6.58 Å². The van der Waals surface area contributed by atoms with Crippen LogP contribution < -0.4 is 20.0 Å². The number of halogens is 1. The molecule has 0 aliphatic carbocycles. The number of allylic oxidation sites excluding steroid dienone is 3. The van der Waals surface area contributed by atoms with Crippen LogP contribution in [0, 0.1) is 5.92 Å². The van der Waals surface area contributed by atoms with Crippen LogP contribution in [0.3, 0.4) is 0 Å². The summed E-state index contributed by atoms with van der Waals surface area (Å²) in [5.74, 6) is 2.21. The number of piperidine rings is 1. The predicted octanol–water partition coefficient (Wildman–Crippen LogP) is 9.53. The number of hydrogen-bond donors (Lipinski definition) is 1. The lowest BCUT2D eigenvalue weighted by molar-refractivity contribution is 0.268. The van der Waals surface area contributed by atoms with Crippen LogP contribution in [0.1, 0.15) is 69.5 Å². The summed E-state index contributed by atoms with van der Waals surface area (Å²) in [6.45, 7) is 23.0. The second-order valence-corrected chi connectivity index (χ2v) is 15.3. The largest absolute Gasteiger partial charge is 0.372 e. The molecule has 2 saturated heterocycles. The number of likely N-dealkylation sites (N-methyl/N-ethyl adjacent to an activating group) is 1. The van der Waals surface area contributed by atoms with Crippen molar-refractivity contribution < 1.29 is 0 Å². The van der Waals surface area contributed by atoms with Crippen molar-refractivity contribution in [3.8, 4) is 0 Å². The van der Waals surface area contributed by atoms with Crippen LogP contribution in [-0.2, 0) is 7.05 Å². The molecule has 7 rings (SSSR count). The molecule has 278 valence electrons. The molecule has 53 heavy (non-hydrogen) atoms. The molecule has 3 aliphatic rings. The van der Waals surface area contributed by atoms with E-state index in [0.717, 1.165) is 94.0 Å². The number of rotatable bonds is 12. The van der Waals surface area contributed by atoms with Crippen LogP contribution >= 0.6 is 11.6 Å². The maximum absolute atomic E-state index is 6.64. The van der Waals surface area contributed by atoms with E-state index in [1.54, 1.807) is 6.20 Å². The van der Waals surface area contributed by atoms with E-state index in [-0.39, 0.29) is 0 Å². The lowest BCUT2D eigenvalue weighted by atomic mass is 9.93. The molecule has 1 N–H and O–H groups in total. The number of anilines is 5. The minimum absolute atomic E-state index is 0.444. The van der Waals surface area contributed by atoms with Gasteiger partial charge in [-0.2, -0.15) is 10.1 Å². The molecular weight excluding hydrogens is 678 g/mol. The lowest BCUT2D eigenvalue weighted by Gasteiger charge is -2.42. The molecule has 3 aliphatic heterocycles. The Labute approximate surface area is 320 Å². The molecule has 2 fully saturated rings. The zero-order valence-corrected chi connectivity index (χ0v) is 32.7. The molecule has 5 heterocycles. The highest BCUT2D eigenvalue weighted by Gasteiger charge is 2.29. The highest BCUT2D eigenvalue weighted by Crippen LogP contribution is 2.38. The number of hydrogen-bond acceptors (Lipinski definition) is 8. The Bertz CT molecular complexity index is 2030. The average Bonchev–Trinajstić information content (AvgIpc) is 3.53. The summed E-state index contributed by atoms with van der Waals surface area (Å²) >= 11 is 6.64. The summed E-state index contributed by atoms with van der Waals surface area (Å²) in [5.41, 5.74) is 10.5. The van der Waals surface area contributed by atoms with Gasteiger partial charge in [-0.1, -0.05) is 63.2 Å². The number of nitrogens with zero attached hydrogens (tertiary/aromatic N) is 8. The third-order valence-corrected chi connectivity index (χ3v) is 11.7. The summed E-state index contributed by atoms with van der Waals surface area (Å²) in [7, 11) is 4.16.